The molecule has 5 aromatic rings. The number of nitrogens with one attached hydrogen (secondary N) is 1. The van der Waals surface area contributed by atoms with Crippen molar-refractivity contribution in [2.75, 3.05) is 17.6 Å². The first kappa shape index (κ1) is 23.3. The van der Waals surface area contributed by atoms with E-state index in [9.17, 15) is 13.6 Å². The number of halogens is 2. The van der Waals surface area contributed by atoms with Crippen LogP contribution in [0.15, 0.2) is 88.7 Å². The minimum absolute atomic E-state index is 0.0817. The third kappa shape index (κ3) is 4.46. The topological polar surface area (TPSA) is 95.1 Å². The van der Waals surface area contributed by atoms with Gasteiger partial charge in [-0.05, 0) is 66.0 Å². The Kier molecular flexibility index (Phi) is 6.26. The number of anilines is 2. The van der Waals surface area contributed by atoms with Gasteiger partial charge in [0.1, 0.15) is 17.3 Å². The molecule has 36 heavy (non-hydrogen) atoms. The Bertz CT molecular complexity index is 1640. The molecule has 0 fully saturated rings. The van der Waals surface area contributed by atoms with Crippen LogP contribution in [0.1, 0.15) is 0 Å². The number of methoxy groups -OCH3 is 1. The third-order valence-corrected chi connectivity index (χ3v) is 6.31. The molecule has 3 N–H and O–H groups in total. The molecule has 7 nitrogen and oxygen atoms in total. The Balaban J connectivity index is 1.54. The molecule has 5 rings (SSSR count). The third-order valence-electron chi connectivity index (χ3n) is 5.45. The lowest BCUT2D eigenvalue weighted by Gasteiger charge is -2.13. The lowest BCUT2D eigenvalue weighted by Crippen LogP contribution is -2.23. The summed E-state index contributed by atoms with van der Waals surface area (Å²) in [4.78, 5) is 22.1. The number of nitrogen functional groups attached to an aromatic ring is 1. The first-order chi connectivity index (χ1) is 17.4. The molecular weight excluding hydrogens is 484 g/mol. The van der Waals surface area contributed by atoms with Crippen molar-refractivity contribution in [1.29, 1.82) is 0 Å². The van der Waals surface area contributed by atoms with E-state index in [4.69, 9.17) is 10.5 Å². The number of nitrogens with two attached hydrogens (primary N) is 1. The minimum atomic E-state index is -0.562. The maximum Gasteiger partial charge on any atom is 0.267 e. The van der Waals surface area contributed by atoms with Crippen LogP contribution in [-0.4, -0.2) is 21.6 Å². The van der Waals surface area contributed by atoms with E-state index in [1.807, 2.05) is 18.2 Å². The van der Waals surface area contributed by atoms with E-state index in [-0.39, 0.29) is 22.3 Å². The largest absolute Gasteiger partial charge is 0.480 e. The molecule has 0 atom stereocenters. The number of pyridine rings is 1. The number of rotatable bonds is 6. The highest BCUT2D eigenvalue weighted by Gasteiger charge is 2.14. The molecule has 0 radical (unpaired) electrons. The first-order valence-electron chi connectivity index (χ1n) is 10.7. The second-order valence-electron chi connectivity index (χ2n) is 7.74. The molecule has 0 saturated heterocycles. The number of nitrogens with zero attached hydrogens (tertiary/aromatic N) is 3. The summed E-state index contributed by atoms with van der Waals surface area (Å²) in [5, 5.41) is 0.382. The Morgan fingerprint density at radius 3 is 2.58 bits per heavy atom. The number of aromatic nitrogens is 3. The van der Waals surface area contributed by atoms with E-state index in [1.54, 1.807) is 42.6 Å². The van der Waals surface area contributed by atoms with Gasteiger partial charge in [0.25, 0.3) is 5.56 Å². The zero-order valence-corrected chi connectivity index (χ0v) is 19.7. The lowest BCUT2D eigenvalue weighted by atomic mass is 10.0. The Labute approximate surface area is 208 Å². The monoisotopic (exact) mass is 503 g/mol. The summed E-state index contributed by atoms with van der Waals surface area (Å²) in [7, 11) is 1.46. The molecule has 0 aliphatic heterocycles. The van der Waals surface area contributed by atoms with E-state index in [2.05, 4.69) is 14.7 Å². The van der Waals surface area contributed by atoms with E-state index in [0.29, 0.717) is 33.4 Å². The SMILES string of the molecule is COc1ncc(-c2ccc3nc(N)n(-c4ccccc4)c(=O)c3c2)cc1NSc1cc(F)ccc1F. The summed E-state index contributed by atoms with van der Waals surface area (Å²) in [5.74, 6) is -0.755. The van der Waals surface area contributed by atoms with Gasteiger partial charge in [0.05, 0.1) is 28.6 Å². The molecule has 180 valence electrons. The number of benzene rings is 3. The Hall–Kier alpha value is -4.44. The predicted molar refractivity (Wildman–Crippen MR) is 137 cm³/mol. The number of hydrogen-bond donors (Lipinski definition) is 2. The zero-order valence-electron chi connectivity index (χ0n) is 18.9. The average molecular weight is 504 g/mol. The van der Waals surface area contributed by atoms with Gasteiger partial charge in [-0.25, -0.2) is 23.3 Å². The van der Waals surface area contributed by atoms with Gasteiger partial charge in [0.2, 0.25) is 11.8 Å². The molecule has 0 unspecified atom stereocenters. The van der Waals surface area contributed by atoms with Gasteiger partial charge in [-0.15, -0.1) is 0 Å². The summed E-state index contributed by atoms with van der Waals surface area (Å²) in [6, 6.07) is 19.2. The van der Waals surface area contributed by atoms with Crippen LogP contribution in [0.2, 0.25) is 0 Å². The maximum absolute atomic E-state index is 14.0. The summed E-state index contributed by atoms with van der Waals surface area (Å²) in [6.45, 7) is 0. The van der Waals surface area contributed by atoms with Crippen LogP contribution in [-0.2, 0) is 0 Å². The van der Waals surface area contributed by atoms with Crippen LogP contribution in [0.4, 0.5) is 20.4 Å². The van der Waals surface area contributed by atoms with Crippen molar-refractivity contribution in [3.8, 4) is 22.7 Å². The lowest BCUT2D eigenvalue weighted by molar-refractivity contribution is 0.400. The molecule has 0 bridgehead atoms. The number of ether oxygens (including phenoxy) is 1. The molecule has 0 aliphatic carbocycles. The van der Waals surface area contributed by atoms with Crippen LogP contribution in [0.3, 0.4) is 0 Å². The highest BCUT2D eigenvalue weighted by Crippen LogP contribution is 2.33. The molecule has 2 aromatic heterocycles. The molecule has 0 saturated carbocycles. The molecule has 2 heterocycles. The van der Waals surface area contributed by atoms with Crippen molar-refractivity contribution in [3.05, 3.63) is 101 Å². The molecule has 3 aromatic carbocycles. The second kappa shape index (κ2) is 9.67. The predicted octanol–water partition coefficient (Wildman–Crippen LogP) is 5.44. The van der Waals surface area contributed by atoms with E-state index in [1.165, 1.54) is 11.7 Å². The maximum atomic E-state index is 14.0. The van der Waals surface area contributed by atoms with Crippen LogP contribution >= 0.6 is 11.9 Å². The van der Waals surface area contributed by atoms with Gasteiger partial charge in [0.15, 0.2) is 0 Å². The molecule has 0 aliphatic rings. The summed E-state index contributed by atoms with van der Waals surface area (Å²) >= 11 is 0.892. The van der Waals surface area contributed by atoms with Crippen molar-refractivity contribution in [2.45, 2.75) is 4.90 Å². The van der Waals surface area contributed by atoms with Crippen molar-refractivity contribution in [3.63, 3.8) is 0 Å². The van der Waals surface area contributed by atoms with E-state index in [0.717, 1.165) is 30.1 Å². The highest BCUT2D eigenvalue weighted by molar-refractivity contribution is 8.00. The van der Waals surface area contributed by atoms with Gasteiger partial charge >= 0.3 is 0 Å². The smallest absolute Gasteiger partial charge is 0.267 e. The van der Waals surface area contributed by atoms with Crippen LogP contribution < -0.4 is 20.8 Å². The first-order valence-corrected chi connectivity index (χ1v) is 11.6. The number of para-hydroxylation sites is 1. The van der Waals surface area contributed by atoms with Gasteiger partial charge in [-0.2, -0.15) is 0 Å². The van der Waals surface area contributed by atoms with Gasteiger partial charge in [-0.3, -0.25) is 4.79 Å². The van der Waals surface area contributed by atoms with Crippen LogP contribution in [0.5, 0.6) is 5.88 Å². The van der Waals surface area contributed by atoms with Crippen molar-refractivity contribution in [1.82, 2.24) is 14.5 Å². The average Bonchev–Trinajstić information content (AvgIpc) is 2.89. The van der Waals surface area contributed by atoms with Gasteiger partial charge in [-0.1, -0.05) is 24.3 Å². The quantitative estimate of drug-likeness (QED) is 0.298. The fraction of sp³-hybridized carbons (Fsp3) is 0.0385. The summed E-state index contributed by atoms with van der Waals surface area (Å²) < 4.78 is 37.2. The van der Waals surface area contributed by atoms with Crippen molar-refractivity contribution < 1.29 is 13.5 Å². The number of fused-ring (bicyclic) bond motifs is 1. The minimum Gasteiger partial charge on any atom is -0.480 e. The van der Waals surface area contributed by atoms with Crippen molar-refractivity contribution in [2.24, 2.45) is 0 Å². The highest BCUT2D eigenvalue weighted by atomic mass is 32.2. The van der Waals surface area contributed by atoms with E-state index >= 15 is 0 Å². The fourth-order valence-electron chi connectivity index (χ4n) is 3.72. The summed E-state index contributed by atoms with van der Waals surface area (Å²) in [6.07, 6.45) is 1.60. The molecule has 0 amide bonds. The normalized spacial score (nSPS) is 11.0. The molecule has 0 spiro atoms. The molecular formula is C26H19F2N5O2S. The second-order valence-corrected chi connectivity index (χ2v) is 8.59. The Morgan fingerprint density at radius 1 is 1.00 bits per heavy atom. The van der Waals surface area contributed by atoms with Crippen LogP contribution in [0, 0.1) is 11.6 Å². The summed E-state index contributed by atoms with van der Waals surface area (Å²) in [5.41, 5.74) is 8.67. The molecule has 10 heteroatoms. The van der Waals surface area contributed by atoms with Gasteiger partial charge < -0.3 is 15.2 Å². The van der Waals surface area contributed by atoms with Gasteiger partial charge in [0, 0.05) is 11.8 Å². The fourth-order valence-corrected chi connectivity index (χ4v) is 4.42. The van der Waals surface area contributed by atoms with Crippen LogP contribution in [0.25, 0.3) is 27.7 Å². The van der Waals surface area contributed by atoms with E-state index < -0.39 is 11.6 Å². The Morgan fingerprint density at radius 2 is 1.81 bits per heavy atom. The van der Waals surface area contributed by atoms with Crippen molar-refractivity contribution >= 4 is 34.5 Å². The standard InChI is InChI=1S/C26H19F2N5O2S/c1-35-24-22(32-36-23-13-17(27)8-9-20(23)28)12-16(14-30-24)15-7-10-21-19(11-15)25(34)33(26(29)31-21)18-5-3-2-4-6-18/h2-14,32H,1H3,(H2,29,31). The number of hydrogen-bond acceptors (Lipinski definition) is 7. The zero-order chi connectivity index (χ0) is 25.2.